The van der Waals surface area contributed by atoms with Crippen LogP contribution in [-0.4, -0.2) is 29.5 Å². The lowest BCUT2D eigenvalue weighted by Gasteiger charge is -2.22. The van der Waals surface area contributed by atoms with Crippen molar-refractivity contribution in [1.82, 2.24) is 15.6 Å². The lowest BCUT2D eigenvalue weighted by molar-refractivity contribution is -0.116. The topological polar surface area (TPSA) is 83.1 Å². The Morgan fingerprint density at radius 2 is 1.92 bits per heavy atom. The number of rotatable bonds is 6. The van der Waals surface area contributed by atoms with Gasteiger partial charge in [0.15, 0.2) is 0 Å². The van der Waals surface area contributed by atoms with Gasteiger partial charge in [-0.1, -0.05) is 25.3 Å². The van der Waals surface area contributed by atoms with Gasteiger partial charge in [-0.15, -0.1) is 0 Å². The van der Waals surface area contributed by atoms with Gasteiger partial charge in [0.2, 0.25) is 5.91 Å². The van der Waals surface area contributed by atoms with Crippen LogP contribution >= 0.6 is 0 Å². The maximum atomic E-state index is 12.2. The van der Waals surface area contributed by atoms with Gasteiger partial charge in [-0.25, -0.2) is 4.79 Å². The Morgan fingerprint density at radius 1 is 1.08 bits per heavy atom. The van der Waals surface area contributed by atoms with E-state index in [9.17, 15) is 9.59 Å². The van der Waals surface area contributed by atoms with Gasteiger partial charge in [-0.05, 0) is 43.5 Å². The summed E-state index contributed by atoms with van der Waals surface area (Å²) in [5, 5.41) is 9.70. The largest absolute Gasteiger partial charge is 0.338 e. The maximum Gasteiger partial charge on any atom is 0.315 e. The number of fused-ring (bicyclic) bond motifs is 1. The highest BCUT2D eigenvalue weighted by atomic mass is 16.2. The number of pyridine rings is 1. The number of hydrogen-bond acceptors (Lipinski definition) is 3. The number of amides is 3. The minimum absolute atomic E-state index is 0.0594. The molecule has 0 saturated heterocycles. The Kier molecular flexibility index (Phi) is 6.41. The second-order valence-corrected chi connectivity index (χ2v) is 6.76. The zero-order valence-electron chi connectivity index (χ0n) is 15.0. The van der Waals surface area contributed by atoms with Crippen molar-refractivity contribution in [3.8, 4) is 0 Å². The molecule has 0 bridgehead atoms. The third kappa shape index (κ3) is 5.18. The number of carbonyl (C=O) groups excluding carboxylic acids is 2. The summed E-state index contributed by atoms with van der Waals surface area (Å²) >= 11 is 0. The molecule has 6 nitrogen and oxygen atoms in total. The quantitative estimate of drug-likeness (QED) is 0.693. The SMILES string of the molecule is O=C(CCCNC(=O)NC1CCCCC1)Nc1cccc2ncccc12. The van der Waals surface area contributed by atoms with Crippen LogP contribution in [-0.2, 0) is 4.79 Å². The molecule has 26 heavy (non-hydrogen) atoms. The van der Waals surface area contributed by atoms with Gasteiger partial charge in [0, 0.05) is 30.6 Å². The zero-order chi connectivity index (χ0) is 18.2. The Bertz CT molecular complexity index is 751. The van der Waals surface area contributed by atoms with E-state index in [-0.39, 0.29) is 11.9 Å². The van der Waals surface area contributed by atoms with Crippen molar-refractivity contribution in [2.45, 2.75) is 51.0 Å². The Balaban J connectivity index is 1.38. The van der Waals surface area contributed by atoms with Crippen LogP contribution in [0.1, 0.15) is 44.9 Å². The first-order chi connectivity index (χ1) is 12.7. The number of nitrogens with zero attached hydrogens (tertiary/aromatic N) is 1. The summed E-state index contributed by atoms with van der Waals surface area (Å²) in [6, 6.07) is 9.63. The molecule has 0 spiro atoms. The second-order valence-electron chi connectivity index (χ2n) is 6.76. The van der Waals surface area contributed by atoms with Crippen molar-refractivity contribution in [2.24, 2.45) is 0 Å². The average molecular weight is 354 g/mol. The molecular weight excluding hydrogens is 328 g/mol. The first-order valence-electron chi connectivity index (χ1n) is 9.40. The van der Waals surface area contributed by atoms with Crippen LogP contribution in [0.3, 0.4) is 0 Å². The van der Waals surface area contributed by atoms with E-state index < -0.39 is 0 Å². The summed E-state index contributed by atoms with van der Waals surface area (Å²) in [5.74, 6) is -0.0594. The third-order valence-corrected chi connectivity index (χ3v) is 4.73. The molecule has 138 valence electrons. The maximum absolute atomic E-state index is 12.2. The third-order valence-electron chi connectivity index (χ3n) is 4.73. The molecule has 1 aliphatic rings. The molecule has 1 fully saturated rings. The number of hydrogen-bond donors (Lipinski definition) is 3. The molecule has 1 aromatic heterocycles. The summed E-state index contributed by atoms with van der Waals surface area (Å²) in [6.45, 7) is 0.489. The van der Waals surface area contributed by atoms with Crippen LogP contribution in [0.5, 0.6) is 0 Å². The second kappa shape index (κ2) is 9.17. The van der Waals surface area contributed by atoms with Gasteiger partial charge in [0.25, 0.3) is 0 Å². The highest BCUT2D eigenvalue weighted by molar-refractivity contribution is 6.00. The minimum Gasteiger partial charge on any atom is -0.338 e. The van der Waals surface area contributed by atoms with Crippen molar-refractivity contribution < 1.29 is 9.59 Å². The Labute approximate surface area is 153 Å². The van der Waals surface area contributed by atoms with Crippen LogP contribution in [0.4, 0.5) is 10.5 Å². The Morgan fingerprint density at radius 3 is 2.77 bits per heavy atom. The monoisotopic (exact) mass is 354 g/mol. The van der Waals surface area contributed by atoms with Gasteiger partial charge in [0.1, 0.15) is 0 Å². The first-order valence-corrected chi connectivity index (χ1v) is 9.40. The molecule has 3 amide bonds. The molecule has 0 aliphatic heterocycles. The fourth-order valence-corrected chi connectivity index (χ4v) is 3.36. The fraction of sp³-hybridized carbons (Fsp3) is 0.450. The predicted molar refractivity (Wildman–Crippen MR) is 103 cm³/mol. The molecule has 1 aromatic carbocycles. The van der Waals surface area contributed by atoms with E-state index >= 15 is 0 Å². The van der Waals surface area contributed by atoms with Crippen molar-refractivity contribution in [3.63, 3.8) is 0 Å². The van der Waals surface area contributed by atoms with E-state index in [0.717, 1.165) is 29.4 Å². The van der Waals surface area contributed by atoms with Crippen LogP contribution in [0.2, 0.25) is 0 Å². The van der Waals surface area contributed by atoms with Crippen LogP contribution < -0.4 is 16.0 Å². The standard InChI is InChI=1S/C20H26N4O2/c25-19(24-18-11-4-10-17-16(18)9-5-13-21-17)12-6-14-22-20(26)23-15-7-2-1-3-8-15/h4-5,9-11,13,15H,1-3,6-8,12,14H2,(H,24,25)(H2,22,23,26). The number of urea groups is 1. The van der Waals surface area contributed by atoms with E-state index in [4.69, 9.17) is 0 Å². The van der Waals surface area contributed by atoms with Gasteiger partial charge in [-0.2, -0.15) is 0 Å². The van der Waals surface area contributed by atoms with Crippen molar-refractivity contribution in [1.29, 1.82) is 0 Å². The highest BCUT2D eigenvalue weighted by Crippen LogP contribution is 2.21. The predicted octanol–water partition coefficient (Wildman–Crippen LogP) is 3.59. The van der Waals surface area contributed by atoms with Gasteiger partial charge in [0.05, 0.1) is 11.2 Å². The molecular formula is C20H26N4O2. The van der Waals surface area contributed by atoms with Crippen LogP contribution in [0.15, 0.2) is 36.5 Å². The van der Waals surface area contributed by atoms with E-state index in [1.165, 1.54) is 19.3 Å². The molecule has 2 aromatic rings. The van der Waals surface area contributed by atoms with E-state index in [1.54, 1.807) is 6.20 Å². The highest BCUT2D eigenvalue weighted by Gasteiger charge is 2.15. The van der Waals surface area contributed by atoms with Crippen LogP contribution in [0.25, 0.3) is 10.9 Å². The molecule has 3 rings (SSSR count). The summed E-state index contributed by atoms with van der Waals surface area (Å²) in [5.41, 5.74) is 1.62. The number of anilines is 1. The molecule has 3 N–H and O–H groups in total. The lowest BCUT2D eigenvalue weighted by atomic mass is 9.96. The average Bonchev–Trinajstić information content (AvgIpc) is 2.66. The fourth-order valence-electron chi connectivity index (χ4n) is 3.36. The number of benzene rings is 1. The van der Waals surface area contributed by atoms with Crippen molar-refractivity contribution in [2.75, 3.05) is 11.9 Å². The summed E-state index contributed by atoms with van der Waals surface area (Å²) in [4.78, 5) is 28.3. The van der Waals surface area contributed by atoms with Gasteiger partial charge < -0.3 is 16.0 Å². The van der Waals surface area contributed by atoms with Crippen LogP contribution in [0, 0.1) is 0 Å². The molecule has 0 radical (unpaired) electrons. The molecule has 6 heteroatoms. The van der Waals surface area contributed by atoms with E-state index in [0.29, 0.717) is 25.4 Å². The summed E-state index contributed by atoms with van der Waals surface area (Å²) in [6.07, 6.45) is 8.47. The Hall–Kier alpha value is -2.63. The minimum atomic E-state index is -0.127. The van der Waals surface area contributed by atoms with Gasteiger partial charge >= 0.3 is 6.03 Å². The molecule has 0 atom stereocenters. The van der Waals surface area contributed by atoms with Crippen molar-refractivity contribution >= 4 is 28.5 Å². The van der Waals surface area contributed by atoms with E-state index in [2.05, 4.69) is 20.9 Å². The molecule has 1 heterocycles. The number of carbonyl (C=O) groups is 2. The molecule has 0 unspecified atom stereocenters. The van der Waals surface area contributed by atoms with Crippen molar-refractivity contribution in [3.05, 3.63) is 36.5 Å². The normalized spacial score (nSPS) is 14.8. The number of aromatic nitrogens is 1. The first kappa shape index (κ1) is 18.2. The van der Waals surface area contributed by atoms with Gasteiger partial charge in [-0.3, -0.25) is 9.78 Å². The zero-order valence-corrected chi connectivity index (χ0v) is 15.0. The summed E-state index contributed by atoms with van der Waals surface area (Å²) in [7, 11) is 0. The molecule has 1 aliphatic carbocycles. The summed E-state index contributed by atoms with van der Waals surface area (Å²) < 4.78 is 0. The lowest BCUT2D eigenvalue weighted by Crippen LogP contribution is -2.43. The number of nitrogens with one attached hydrogen (secondary N) is 3. The molecule has 1 saturated carbocycles. The smallest absolute Gasteiger partial charge is 0.315 e. The van der Waals surface area contributed by atoms with E-state index in [1.807, 2.05) is 30.3 Å².